The molecule has 7 heteroatoms. The summed E-state index contributed by atoms with van der Waals surface area (Å²) in [7, 11) is 1.90. The molecule has 7 nitrogen and oxygen atoms in total. The lowest BCUT2D eigenvalue weighted by atomic mass is 9.85. The summed E-state index contributed by atoms with van der Waals surface area (Å²) in [6, 6.07) is 11.0. The van der Waals surface area contributed by atoms with Gasteiger partial charge < -0.3 is 24.6 Å². The van der Waals surface area contributed by atoms with Crippen LogP contribution in [0.4, 0.5) is 0 Å². The first-order valence-corrected chi connectivity index (χ1v) is 9.29. The van der Waals surface area contributed by atoms with E-state index in [1.807, 2.05) is 18.0 Å². The van der Waals surface area contributed by atoms with E-state index < -0.39 is 17.5 Å². The van der Waals surface area contributed by atoms with Crippen LogP contribution in [0.25, 0.3) is 22.3 Å². The number of phenolic OH excluding ortho intramolecular Hbond substituents is 2. The van der Waals surface area contributed by atoms with Crippen LogP contribution < -0.4 is 5.43 Å². The van der Waals surface area contributed by atoms with Crippen LogP contribution in [0.2, 0.25) is 0 Å². The topological polar surface area (TPSA) is 118 Å². The Bertz CT molecular complexity index is 1180. The number of phenols is 2. The van der Waals surface area contributed by atoms with Crippen molar-refractivity contribution in [3.63, 3.8) is 0 Å². The number of aliphatic hydroxyl groups excluding tert-OH is 1. The molecule has 4 rings (SSSR count). The van der Waals surface area contributed by atoms with E-state index in [1.165, 1.54) is 6.07 Å². The number of benzene rings is 2. The standard InChI is InChI=1S/C22H20N2O5/c1-24-7-6-14(18(28)11-24)20-15(25)8-16(26)21-17(27)9-19(29-22(20)21)13-4-2-12(10-23)3-5-13/h2-5,8-9,14,18,25-26,28H,6-7,11H2,1H3/t14-,18+/m0/s1. The molecule has 2 aromatic carbocycles. The summed E-state index contributed by atoms with van der Waals surface area (Å²) in [6.07, 6.45) is -0.188. The molecule has 1 aliphatic rings. The molecule has 1 aliphatic heterocycles. The normalized spacial score (nSPS) is 19.9. The van der Waals surface area contributed by atoms with Crippen LogP contribution >= 0.6 is 0 Å². The molecule has 148 valence electrons. The fraction of sp³-hybridized carbons (Fsp3) is 0.273. The van der Waals surface area contributed by atoms with Gasteiger partial charge >= 0.3 is 0 Å². The Balaban J connectivity index is 1.95. The van der Waals surface area contributed by atoms with Gasteiger partial charge in [-0.2, -0.15) is 5.26 Å². The van der Waals surface area contributed by atoms with Crippen molar-refractivity contribution in [3.05, 3.63) is 57.7 Å². The summed E-state index contributed by atoms with van der Waals surface area (Å²) in [4.78, 5) is 14.8. The third-order valence-electron chi connectivity index (χ3n) is 5.45. The van der Waals surface area contributed by atoms with Crippen LogP contribution in [0.3, 0.4) is 0 Å². The molecule has 3 aromatic rings. The summed E-state index contributed by atoms with van der Waals surface area (Å²) in [5, 5.41) is 40.4. The number of piperidine rings is 1. The first-order chi connectivity index (χ1) is 13.9. The third kappa shape index (κ3) is 3.33. The van der Waals surface area contributed by atoms with Crippen molar-refractivity contribution in [2.75, 3.05) is 20.1 Å². The van der Waals surface area contributed by atoms with Gasteiger partial charge in [-0.25, -0.2) is 0 Å². The van der Waals surface area contributed by atoms with Gasteiger partial charge in [-0.1, -0.05) is 0 Å². The average molecular weight is 392 g/mol. The number of fused-ring (bicyclic) bond motifs is 1. The van der Waals surface area contributed by atoms with Crippen molar-refractivity contribution < 1.29 is 19.7 Å². The van der Waals surface area contributed by atoms with Crippen LogP contribution in [-0.4, -0.2) is 46.5 Å². The Morgan fingerprint density at radius 2 is 1.90 bits per heavy atom. The van der Waals surface area contributed by atoms with E-state index in [1.54, 1.807) is 24.3 Å². The Labute approximate surface area is 166 Å². The Hall–Kier alpha value is -3.34. The van der Waals surface area contributed by atoms with Crippen LogP contribution in [0.1, 0.15) is 23.5 Å². The predicted molar refractivity (Wildman–Crippen MR) is 107 cm³/mol. The van der Waals surface area contributed by atoms with Gasteiger partial charge in [-0.15, -0.1) is 0 Å². The van der Waals surface area contributed by atoms with Gasteiger partial charge in [-0.3, -0.25) is 4.79 Å². The van der Waals surface area contributed by atoms with E-state index in [0.29, 0.717) is 36.2 Å². The molecule has 0 amide bonds. The number of nitrogens with zero attached hydrogens (tertiary/aromatic N) is 2. The van der Waals surface area contributed by atoms with E-state index in [9.17, 15) is 20.1 Å². The third-order valence-corrected chi connectivity index (χ3v) is 5.45. The molecular weight excluding hydrogens is 372 g/mol. The lowest BCUT2D eigenvalue weighted by Crippen LogP contribution is -2.40. The highest BCUT2D eigenvalue weighted by molar-refractivity contribution is 5.89. The second-order valence-corrected chi connectivity index (χ2v) is 7.42. The highest BCUT2D eigenvalue weighted by Crippen LogP contribution is 2.42. The summed E-state index contributed by atoms with van der Waals surface area (Å²) >= 11 is 0. The van der Waals surface area contributed by atoms with E-state index in [0.717, 1.165) is 6.07 Å². The van der Waals surface area contributed by atoms with Crippen molar-refractivity contribution in [1.82, 2.24) is 4.90 Å². The maximum Gasteiger partial charge on any atom is 0.197 e. The number of hydrogen-bond acceptors (Lipinski definition) is 7. The second kappa shape index (κ2) is 7.24. The van der Waals surface area contributed by atoms with Gasteiger partial charge in [0.25, 0.3) is 0 Å². The van der Waals surface area contributed by atoms with Crippen LogP contribution in [0, 0.1) is 11.3 Å². The maximum absolute atomic E-state index is 12.8. The fourth-order valence-electron chi connectivity index (χ4n) is 3.96. The zero-order valence-corrected chi connectivity index (χ0v) is 15.8. The highest BCUT2D eigenvalue weighted by Gasteiger charge is 2.33. The summed E-state index contributed by atoms with van der Waals surface area (Å²) in [5.41, 5.74) is 1.00. The molecular formula is C22H20N2O5. The average Bonchev–Trinajstić information content (AvgIpc) is 2.69. The molecule has 1 fully saturated rings. The van der Waals surface area contributed by atoms with Gasteiger partial charge in [0, 0.05) is 35.7 Å². The number of aliphatic hydroxyl groups is 1. The van der Waals surface area contributed by atoms with Gasteiger partial charge in [-0.05, 0) is 44.3 Å². The SMILES string of the molecule is CN1CC[C@H](c2c(O)cc(O)c3c(=O)cc(-c4ccc(C#N)cc4)oc23)[C@H](O)C1. The van der Waals surface area contributed by atoms with Crippen molar-refractivity contribution in [2.24, 2.45) is 0 Å². The number of hydrogen-bond donors (Lipinski definition) is 3. The van der Waals surface area contributed by atoms with E-state index in [-0.39, 0.29) is 28.2 Å². The second-order valence-electron chi connectivity index (χ2n) is 7.42. The van der Waals surface area contributed by atoms with Gasteiger partial charge in [0.05, 0.1) is 17.7 Å². The Morgan fingerprint density at radius 3 is 2.55 bits per heavy atom. The molecule has 0 aliphatic carbocycles. The quantitative estimate of drug-likeness (QED) is 0.613. The predicted octanol–water partition coefficient (Wildman–Crippen LogP) is 2.52. The molecule has 29 heavy (non-hydrogen) atoms. The molecule has 1 aromatic heterocycles. The molecule has 1 saturated heterocycles. The molecule has 0 spiro atoms. The van der Waals surface area contributed by atoms with Crippen molar-refractivity contribution in [2.45, 2.75) is 18.4 Å². The van der Waals surface area contributed by atoms with Crippen LogP contribution in [0.5, 0.6) is 11.5 Å². The minimum Gasteiger partial charge on any atom is -0.507 e. The number of aromatic hydroxyl groups is 2. The number of β-amino-alcohol motifs (C(OH)–C–C–N with tert-alkyl or cyclic N) is 1. The smallest absolute Gasteiger partial charge is 0.197 e. The van der Waals surface area contributed by atoms with Gasteiger partial charge in [0.1, 0.15) is 28.2 Å². The van der Waals surface area contributed by atoms with Crippen molar-refractivity contribution in [1.29, 1.82) is 5.26 Å². The zero-order valence-electron chi connectivity index (χ0n) is 15.8. The van der Waals surface area contributed by atoms with E-state index >= 15 is 0 Å². The molecule has 2 atom stereocenters. The first-order valence-electron chi connectivity index (χ1n) is 9.29. The van der Waals surface area contributed by atoms with Gasteiger partial charge in [0.15, 0.2) is 5.43 Å². The molecule has 3 N–H and O–H groups in total. The first kappa shape index (κ1) is 19.0. The number of likely N-dealkylation sites (tertiary alicyclic amines) is 1. The summed E-state index contributed by atoms with van der Waals surface area (Å²) in [5.74, 6) is -0.776. The van der Waals surface area contributed by atoms with Crippen LogP contribution in [-0.2, 0) is 0 Å². The Morgan fingerprint density at radius 1 is 1.17 bits per heavy atom. The summed E-state index contributed by atoms with van der Waals surface area (Å²) in [6.45, 7) is 1.13. The number of rotatable bonds is 2. The summed E-state index contributed by atoms with van der Waals surface area (Å²) < 4.78 is 6.00. The molecule has 0 saturated carbocycles. The lowest BCUT2D eigenvalue weighted by molar-refractivity contribution is 0.0630. The van der Waals surface area contributed by atoms with E-state index in [4.69, 9.17) is 9.68 Å². The fourth-order valence-corrected chi connectivity index (χ4v) is 3.96. The number of likely N-dealkylation sites (N-methyl/N-ethyl adjacent to an activating group) is 1. The Kier molecular flexibility index (Phi) is 4.74. The van der Waals surface area contributed by atoms with Crippen molar-refractivity contribution in [3.8, 4) is 28.9 Å². The molecule has 0 radical (unpaired) electrons. The highest BCUT2D eigenvalue weighted by atomic mass is 16.3. The van der Waals surface area contributed by atoms with Crippen molar-refractivity contribution >= 4 is 11.0 Å². The maximum atomic E-state index is 12.8. The van der Waals surface area contributed by atoms with Gasteiger partial charge in [0.2, 0.25) is 0 Å². The van der Waals surface area contributed by atoms with E-state index in [2.05, 4.69) is 0 Å². The molecule has 0 unspecified atom stereocenters. The minimum atomic E-state index is -0.753. The monoisotopic (exact) mass is 392 g/mol. The van der Waals surface area contributed by atoms with Crippen LogP contribution in [0.15, 0.2) is 45.6 Å². The largest absolute Gasteiger partial charge is 0.507 e. The minimum absolute atomic E-state index is 0.0266. The zero-order chi connectivity index (χ0) is 20.7. The number of nitriles is 1. The molecule has 0 bridgehead atoms. The molecule has 2 heterocycles. The lowest BCUT2D eigenvalue weighted by Gasteiger charge is -2.34.